The Morgan fingerprint density at radius 2 is 1.74 bits per heavy atom. The molecule has 1 fully saturated rings. The number of anilines is 2. The summed E-state index contributed by atoms with van der Waals surface area (Å²) in [5, 5.41) is 4.32. The minimum absolute atomic E-state index is 0.196. The molecule has 3 rings (SSSR count). The van der Waals surface area contributed by atoms with Gasteiger partial charge in [-0.25, -0.2) is 9.07 Å². The number of rotatable bonds is 3. The maximum atomic E-state index is 13.9. The summed E-state index contributed by atoms with van der Waals surface area (Å²) in [5.74, 6) is -0.216. The number of hydrogen-bond acceptors (Lipinski definition) is 4. The smallest absolute Gasteiger partial charge is 0.287 e. The van der Waals surface area contributed by atoms with Crippen LogP contribution in [0.25, 0.3) is 0 Å². The molecule has 1 aromatic carbocycles. The molecule has 0 spiro atoms. The first-order chi connectivity index (χ1) is 11.1. The molecule has 1 aliphatic rings. The van der Waals surface area contributed by atoms with E-state index in [4.69, 9.17) is 11.6 Å². The highest BCUT2D eigenvalue weighted by Crippen LogP contribution is 2.25. The maximum Gasteiger partial charge on any atom is 0.287 e. The number of halogens is 2. The van der Waals surface area contributed by atoms with Crippen molar-refractivity contribution < 1.29 is 4.39 Å². The predicted molar refractivity (Wildman–Crippen MR) is 90.0 cm³/mol. The summed E-state index contributed by atoms with van der Waals surface area (Å²) in [4.78, 5) is 16.1. The van der Waals surface area contributed by atoms with Crippen LogP contribution in [-0.4, -0.2) is 36.0 Å². The highest BCUT2D eigenvalue weighted by atomic mass is 35.5. The number of hydrogen-bond donors (Lipinski definition) is 0. The minimum atomic E-state index is -0.275. The number of aromatic nitrogens is 2. The van der Waals surface area contributed by atoms with Crippen LogP contribution in [0.1, 0.15) is 6.92 Å². The topological polar surface area (TPSA) is 41.4 Å². The van der Waals surface area contributed by atoms with Crippen LogP contribution in [0.3, 0.4) is 0 Å². The molecule has 0 unspecified atom stereocenters. The number of benzene rings is 1. The SMILES string of the molecule is CCn1ncc(N2CCN(c3ccccc3F)CC2)c(Cl)c1=O. The lowest BCUT2D eigenvalue weighted by molar-refractivity contribution is 0.591. The Labute approximate surface area is 138 Å². The number of piperazine rings is 1. The molecule has 1 aromatic heterocycles. The predicted octanol–water partition coefficient (Wildman–Crippen LogP) is 2.38. The monoisotopic (exact) mass is 336 g/mol. The Kier molecular flexibility index (Phi) is 4.52. The lowest BCUT2D eigenvalue weighted by atomic mass is 10.2. The highest BCUT2D eigenvalue weighted by Gasteiger charge is 2.22. The summed E-state index contributed by atoms with van der Waals surface area (Å²) >= 11 is 6.20. The molecular formula is C16H18ClFN4O. The van der Waals surface area contributed by atoms with E-state index in [9.17, 15) is 9.18 Å². The molecule has 5 nitrogen and oxygen atoms in total. The van der Waals surface area contributed by atoms with Gasteiger partial charge in [0.05, 0.1) is 17.6 Å². The van der Waals surface area contributed by atoms with Crippen LogP contribution >= 0.6 is 11.6 Å². The van der Waals surface area contributed by atoms with E-state index in [1.54, 1.807) is 18.3 Å². The minimum Gasteiger partial charge on any atom is -0.366 e. The highest BCUT2D eigenvalue weighted by molar-refractivity contribution is 6.33. The molecule has 122 valence electrons. The first-order valence-electron chi connectivity index (χ1n) is 7.62. The molecule has 2 aromatic rings. The van der Waals surface area contributed by atoms with Crippen LogP contribution in [0.4, 0.5) is 15.8 Å². The molecule has 0 saturated carbocycles. The van der Waals surface area contributed by atoms with Crippen LogP contribution in [0.5, 0.6) is 0 Å². The first kappa shape index (κ1) is 15.8. The fourth-order valence-corrected chi connectivity index (χ4v) is 3.06. The van der Waals surface area contributed by atoms with Crippen molar-refractivity contribution in [1.29, 1.82) is 0 Å². The number of nitrogens with zero attached hydrogens (tertiary/aromatic N) is 4. The van der Waals surface area contributed by atoms with Crippen LogP contribution < -0.4 is 15.4 Å². The van der Waals surface area contributed by atoms with E-state index >= 15 is 0 Å². The first-order valence-corrected chi connectivity index (χ1v) is 7.99. The lowest BCUT2D eigenvalue weighted by Crippen LogP contribution is -2.47. The van der Waals surface area contributed by atoms with E-state index in [0.29, 0.717) is 44.1 Å². The molecule has 0 atom stereocenters. The molecule has 0 amide bonds. The van der Waals surface area contributed by atoms with E-state index in [0.717, 1.165) is 0 Å². The van der Waals surface area contributed by atoms with Crippen molar-refractivity contribution in [3.63, 3.8) is 0 Å². The molecule has 0 radical (unpaired) electrons. The van der Waals surface area contributed by atoms with Gasteiger partial charge in [0.25, 0.3) is 5.56 Å². The van der Waals surface area contributed by atoms with Crippen LogP contribution in [0.2, 0.25) is 5.02 Å². The Bertz CT molecular complexity index is 756. The van der Waals surface area contributed by atoms with Crippen molar-refractivity contribution >= 4 is 23.0 Å². The molecule has 0 N–H and O–H groups in total. The van der Waals surface area contributed by atoms with E-state index in [-0.39, 0.29) is 16.4 Å². The fourth-order valence-electron chi connectivity index (χ4n) is 2.80. The third-order valence-corrected chi connectivity index (χ3v) is 4.43. The molecule has 1 aliphatic heterocycles. The van der Waals surface area contributed by atoms with Crippen LogP contribution in [0, 0.1) is 5.82 Å². The van der Waals surface area contributed by atoms with Crippen molar-refractivity contribution in [3.05, 3.63) is 51.7 Å². The summed E-state index contributed by atoms with van der Waals surface area (Å²) in [5.41, 5.74) is 0.982. The lowest BCUT2D eigenvalue weighted by Gasteiger charge is -2.37. The maximum absolute atomic E-state index is 13.9. The summed E-state index contributed by atoms with van der Waals surface area (Å²) in [6.07, 6.45) is 1.63. The Balaban J connectivity index is 1.76. The van der Waals surface area contributed by atoms with E-state index in [1.165, 1.54) is 10.7 Å². The molecule has 2 heterocycles. The number of para-hydroxylation sites is 1. The van der Waals surface area contributed by atoms with Crippen molar-refractivity contribution in [3.8, 4) is 0 Å². The second kappa shape index (κ2) is 6.58. The van der Waals surface area contributed by atoms with Crippen molar-refractivity contribution in [2.24, 2.45) is 0 Å². The average Bonchev–Trinajstić information content (AvgIpc) is 2.58. The Morgan fingerprint density at radius 1 is 1.13 bits per heavy atom. The van der Waals surface area contributed by atoms with E-state index in [1.807, 2.05) is 22.8 Å². The normalized spacial score (nSPS) is 15.1. The van der Waals surface area contributed by atoms with Gasteiger partial charge >= 0.3 is 0 Å². The largest absolute Gasteiger partial charge is 0.366 e. The van der Waals surface area contributed by atoms with Gasteiger partial charge in [-0.2, -0.15) is 5.10 Å². The van der Waals surface area contributed by atoms with Crippen molar-refractivity contribution in [2.75, 3.05) is 36.0 Å². The second-order valence-corrected chi connectivity index (χ2v) is 5.77. The van der Waals surface area contributed by atoms with Gasteiger partial charge in [0.2, 0.25) is 0 Å². The molecule has 7 heteroatoms. The van der Waals surface area contributed by atoms with Crippen molar-refractivity contribution in [2.45, 2.75) is 13.5 Å². The molecular weight excluding hydrogens is 319 g/mol. The summed E-state index contributed by atoms with van der Waals surface area (Å²) in [7, 11) is 0. The second-order valence-electron chi connectivity index (χ2n) is 5.39. The standard InChI is InChI=1S/C16H18ClFN4O/c1-2-22-16(23)15(17)14(11-19-22)21-9-7-20(8-10-21)13-6-4-3-5-12(13)18/h3-6,11H,2,7-10H2,1H3. The summed E-state index contributed by atoms with van der Waals surface area (Å²) < 4.78 is 15.2. The van der Waals surface area contributed by atoms with Gasteiger partial charge in [0.1, 0.15) is 10.8 Å². The quantitative estimate of drug-likeness (QED) is 0.863. The zero-order valence-corrected chi connectivity index (χ0v) is 13.6. The molecule has 0 aliphatic carbocycles. The fraction of sp³-hybridized carbons (Fsp3) is 0.375. The number of aryl methyl sites for hydroxylation is 1. The zero-order chi connectivity index (χ0) is 16.4. The molecule has 1 saturated heterocycles. The van der Waals surface area contributed by atoms with Crippen molar-refractivity contribution in [1.82, 2.24) is 9.78 Å². The van der Waals surface area contributed by atoms with Gasteiger partial charge in [0.15, 0.2) is 0 Å². The molecule has 23 heavy (non-hydrogen) atoms. The van der Waals surface area contributed by atoms with Crippen LogP contribution in [-0.2, 0) is 6.54 Å². The van der Waals surface area contributed by atoms with Gasteiger partial charge in [-0.1, -0.05) is 23.7 Å². The third kappa shape index (κ3) is 3.03. The van der Waals surface area contributed by atoms with Gasteiger partial charge in [-0.3, -0.25) is 4.79 Å². The summed E-state index contributed by atoms with van der Waals surface area (Å²) in [6.45, 7) is 4.97. The Hall–Kier alpha value is -2.08. The Morgan fingerprint density at radius 3 is 2.35 bits per heavy atom. The average molecular weight is 337 g/mol. The van der Waals surface area contributed by atoms with Gasteiger partial charge in [-0.15, -0.1) is 0 Å². The van der Waals surface area contributed by atoms with E-state index in [2.05, 4.69) is 5.10 Å². The van der Waals surface area contributed by atoms with Gasteiger partial charge in [0, 0.05) is 32.7 Å². The van der Waals surface area contributed by atoms with Gasteiger partial charge < -0.3 is 9.80 Å². The van der Waals surface area contributed by atoms with Gasteiger partial charge in [-0.05, 0) is 19.1 Å². The van der Waals surface area contributed by atoms with Crippen LogP contribution in [0.15, 0.2) is 35.3 Å². The summed E-state index contributed by atoms with van der Waals surface area (Å²) in [6, 6.07) is 6.76. The zero-order valence-electron chi connectivity index (χ0n) is 12.9. The molecule has 0 bridgehead atoms. The third-order valence-electron chi connectivity index (χ3n) is 4.08. The van der Waals surface area contributed by atoms with E-state index < -0.39 is 0 Å².